The number of fused-ring (bicyclic) bond motifs is 1. The standard InChI is InChI=1S/C10H16O2/c1-7-5-12-10(6-11)8(2)3-4-9(7)10/h3,7,9,11H,4-6H2,1-2H3. The average molecular weight is 168 g/mol. The predicted molar refractivity (Wildman–Crippen MR) is 46.8 cm³/mol. The number of hydrogen-bond acceptors (Lipinski definition) is 2. The zero-order valence-corrected chi connectivity index (χ0v) is 7.71. The highest BCUT2D eigenvalue weighted by Crippen LogP contribution is 2.47. The molecule has 1 aliphatic heterocycles. The Morgan fingerprint density at radius 2 is 2.50 bits per heavy atom. The SMILES string of the molecule is CC1=CCC2C(C)COC12CO. The lowest BCUT2D eigenvalue weighted by molar-refractivity contribution is -0.0255. The second kappa shape index (κ2) is 2.57. The fourth-order valence-corrected chi connectivity index (χ4v) is 2.56. The molecule has 2 nitrogen and oxygen atoms in total. The van der Waals surface area contributed by atoms with Crippen LogP contribution in [0, 0.1) is 11.8 Å². The van der Waals surface area contributed by atoms with Crippen molar-refractivity contribution in [3.63, 3.8) is 0 Å². The van der Waals surface area contributed by atoms with Crippen molar-refractivity contribution in [2.75, 3.05) is 13.2 Å². The van der Waals surface area contributed by atoms with E-state index in [-0.39, 0.29) is 12.2 Å². The Labute approximate surface area is 73.2 Å². The van der Waals surface area contributed by atoms with Crippen LogP contribution in [-0.2, 0) is 4.74 Å². The molecule has 3 unspecified atom stereocenters. The van der Waals surface area contributed by atoms with E-state index >= 15 is 0 Å². The summed E-state index contributed by atoms with van der Waals surface area (Å²) >= 11 is 0. The van der Waals surface area contributed by atoms with Crippen LogP contribution in [0.2, 0.25) is 0 Å². The molecule has 1 fully saturated rings. The predicted octanol–water partition coefficient (Wildman–Crippen LogP) is 1.35. The fraction of sp³-hybridized carbons (Fsp3) is 0.800. The molecule has 68 valence electrons. The first-order valence-electron chi connectivity index (χ1n) is 4.63. The number of allylic oxidation sites excluding steroid dienone is 1. The van der Waals surface area contributed by atoms with Crippen molar-refractivity contribution in [3.8, 4) is 0 Å². The Morgan fingerprint density at radius 1 is 1.75 bits per heavy atom. The molecule has 0 amide bonds. The summed E-state index contributed by atoms with van der Waals surface area (Å²) in [7, 11) is 0. The van der Waals surface area contributed by atoms with Gasteiger partial charge in [0, 0.05) is 5.92 Å². The summed E-state index contributed by atoms with van der Waals surface area (Å²) < 4.78 is 5.72. The molecule has 0 saturated carbocycles. The fourth-order valence-electron chi connectivity index (χ4n) is 2.56. The molecule has 0 radical (unpaired) electrons. The summed E-state index contributed by atoms with van der Waals surface area (Å²) in [4.78, 5) is 0. The topological polar surface area (TPSA) is 29.5 Å². The molecule has 1 N–H and O–H groups in total. The van der Waals surface area contributed by atoms with Crippen molar-refractivity contribution in [1.82, 2.24) is 0 Å². The number of ether oxygens (including phenoxy) is 1. The minimum atomic E-state index is -0.306. The lowest BCUT2D eigenvalue weighted by Gasteiger charge is -2.29. The number of aliphatic hydroxyl groups excluding tert-OH is 1. The Morgan fingerprint density at radius 3 is 3.08 bits per heavy atom. The van der Waals surface area contributed by atoms with Crippen molar-refractivity contribution in [3.05, 3.63) is 11.6 Å². The van der Waals surface area contributed by atoms with Crippen LogP contribution in [0.25, 0.3) is 0 Å². The van der Waals surface area contributed by atoms with Crippen molar-refractivity contribution < 1.29 is 9.84 Å². The van der Waals surface area contributed by atoms with E-state index in [0.717, 1.165) is 13.0 Å². The summed E-state index contributed by atoms with van der Waals surface area (Å²) in [5, 5.41) is 9.35. The second-order valence-electron chi connectivity index (χ2n) is 4.07. The number of aliphatic hydroxyl groups is 1. The van der Waals surface area contributed by atoms with Gasteiger partial charge in [0.25, 0.3) is 0 Å². The van der Waals surface area contributed by atoms with Gasteiger partial charge in [-0.1, -0.05) is 13.0 Å². The van der Waals surface area contributed by atoms with Gasteiger partial charge in [-0.25, -0.2) is 0 Å². The van der Waals surface area contributed by atoms with Gasteiger partial charge in [-0.15, -0.1) is 0 Å². The lowest BCUT2D eigenvalue weighted by atomic mass is 9.82. The summed E-state index contributed by atoms with van der Waals surface area (Å²) in [6.07, 6.45) is 3.28. The van der Waals surface area contributed by atoms with E-state index in [1.807, 2.05) is 0 Å². The zero-order chi connectivity index (χ0) is 8.77. The van der Waals surface area contributed by atoms with Crippen LogP contribution in [0.3, 0.4) is 0 Å². The average Bonchev–Trinajstić information content (AvgIpc) is 2.55. The Bertz CT molecular complexity index is 222. The molecule has 0 spiro atoms. The van der Waals surface area contributed by atoms with Gasteiger partial charge in [-0.2, -0.15) is 0 Å². The van der Waals surface area contributed by atoms with E-state index in [1.54, 1.807) is 0 Å². The largest absolute Gasteiger partial charge is 0.393 e. The van der Waals surface area contributed by atoms with E-state index in [2.05, 4.69) is 19.9 Å². The van der Waals surface area contributed by atoms with Gasteiger partial charge in [0.1, 0.15) is 5.60 Å². The summed E-state index contributed by atoms with van der Waals surface area (Å²) in [6.45, 7) is 5.21. The molecule has 0 aromatic heterocycles. The molecule has 2 aliphatic rings. The quantitative estimate of drug-likeness (QED) is 0.599. The first-order valence-corrected chi connectivity index (χ1v) is 4.63. The maximum atomic E-state index is 9.35. The van der Waals surface area contributed by atoms with Gasteiger partial charge < -0.3 is 9.84 Å². The molecule has 12 heavy (non-hydrogen) atoms. The van der Waals surface area contributed by atoms with Gasteiger partial charge in [0.15, 0.2) is 0 Å². The van der Waals surface area contributed by atoms with Gasteiger partial charge in [0.2, 0.25) is 0 Å². The number of hydrogen-bond donors (Lipinski definition) is 1. The van der Waals surface area contributed by atoms with E-state index in [4.69, 9.17) is 4.74 Å². The highest BCUT2D eigenvalue weighted by molar-refractivity contribution is 5.26. The molecule has 0 bridgehead atoms. The summed E-state index contributed by atoms with van der Waals surface area (Å²) in [6, 6.07) is 0. The minimum absolute atomic E-state index is 0.143. The van der Waals surface area contributed by atoms with Gasteiger partial charge in [0.05, 0.1) is 13.2 Å². The Hall–Kier alpha value is -0.340. The maximum Gasteiger partial charge on any atom is 0.115 e. The molecule has 0 aromatic carbocycles. The highest BCUT2D eigenvalue weighted by Gasteiger charge is 2.51. The zero-order valence-electron chi connectivity index (χ0n) is 7.71. The first kappa shape index (κ1) is 8.27. The van der Waals surface area contributed by atoms with E-state index in [0.29, 0.717) is 11.8 Å². The van der Waals surface area contributed by atoms with Crippen LogP contribution in [0.1, 0.15) is 20.3 Å². The van der Waals surface area contributed by atoms with Gasteiger partial charge >= 0.3 is 0 Å². The molecule has 1 heterocycles. The number of rotatable bonds is 1. The Kier molecular flexibility index (Phi) is 1.77. The van der Waals surface area contributed by atoms with Crippen LogP contribution in [0.15, 0.2) is 11.6 Å². The van der Waals surface area contributed by atoms with Crippen LogP contribution < -0.4 is 0 Å². The Balaban J connectivity index is 2.31. The highest BCUT2D eigenvalue weighted by atomic mass is 16.5. The van der Waals surface area contributed by atoms with Crippen molar-refractivity contribution in [2.24, 2.45) is 11.8 Å². The smallest absolute Gasteiger partial charge is 0.115 e. The third-order valence-corrected chi connectivity index (χ3v) is 3.47. The third kappa shape index (κ3) is 0.824. The van der Waals surface area contributed by atoms with Crippen LogP contribution in [0.4, 0.5) is 0 Å². The maximum absolute atomic E-state index is 9.35. The van der Waals surface area contributed by atoms with E-state index in [1.165, 1.54) is 5.57 Å². The van der Waals surface area contributed by atoms with Crippen molar-refractivity contribution in [1.29, 1.82) is 0 Å². The molecule has 2 heteroatoms. The van der Waals surface area contributed by atoms with Crippen LogP contribution in [-0.4, -0.2) is 23.9 Å². The van der Waals surface area contributed by atoms with E-state index in [9.17, 15) is 5.11 Å². The molecule has 1 saturated heterocycles. The molecular weight excluding hydrogens is 152 g/mol. The molecule has 2 rings (SSSR count). The normalized spacial score (nSPS) is 46.1. The van der Waals surface area contributed by atoms with Gasteiger partial charge in [-0.3, -0.25) is 0 Å². The van der Waals surface area contributed by atoms with Crippen LogP contribution in [0.5, 0.6) is 0 Å². The monoisotopic (exact) mass is 168 g/mol. The summed E-state index contributed by atoms with van der Waals surface area (Å²) in [5.74, 6) is 1.10. The minimum Gasteiger partial charge on any atom is -0.393 e. The molecule has 0 aromatic rings. The first-order chi connectivity index (χ1) is 5.70. The molecule has 1 aliphatic carbocycles. The van der Waals surface area contributed by atoms with Crippen molar-refractivity contribution in [2.45, 2.75) is 25.9 Å². The lowest BCUT2D eigenvalue weighted by Crippen LogP contribution is -2.38. The van der Waals surface area contributed by atoms with Crippen LogP contribution >= 0.6 is 0 Å². The second-order valence-corrected chi connectivity index (χ2v) is 4.07. The molecule has 3 atom stereocenters. The molecular formula is C10H16O2. The van der Waals surface area contributed by atoms with Crippen molar-refractivity contribution >= 4 is 0 Å². The van der Waals surface area contributed by atoms with Gasteiger partial charge in [-0.05, 0) is 24.8 Å². The summed E-state index contributed by atoms with van der Waals surface area (Å²) in [5.41, 5.74) is 0.915. The third-order valence-electron chi connectivity index (χ3n) is 3.47. The van der Waals surface area contributed by atoms with E-state index < -0.39 is 0 Å².